The van der Waals surface area contributed by atoms with Crippen molar-refractivity contribution in [1.82, 2.24) is 0 Å². The molecule has 0 saturated carbocycles. The highest BCUT2D eigenvalue weighted by atomic mass is 19.1. The maximum absolute atomic E-state index is 13.5. The van der Waals surface area contributed by atoms with Gasteiger partial charge in [0.2, 0.25) is 0 Å². The van der Waals surface area contributed by atoms with E-state index in [4.69, 9.17) is 4.74 Å². The molecule has 134 valence electrons. The van der Waals surface area contributed by atoms with Crippen molar-refractivity contribution >= 4 is 0 Å². The van der Waals surface area contributed by atoms with Crippen LogP contribution in [0.3, 0.4) is 0 Å². The van der Waals surface area contributed by atoms with Crippen molar-refractivity contribution in [3.05, 3.63) is 66.0 Å². The summed E-state index contributed by atoms with van der Waals surface area (Å²) in [6.45, 7) is 6.12. The molecule has 3 N–H and O–H groups in total. The first kappa shape index (κ1) is 17.9. The van der Waals surface area contributed by atoms with Crippen molar-refractivity contribution in [2.45, 2.75) is 12.6 Å². The van der Waals surface area contributed by atoms with E-state index < -0.39 is 6.10 Å². The normalized spacial score (nSPS) is 21.7. The molecule has 0 spiro atoms. The van der Waals surface area contributed by atoms with Gasteiger partial charge in [-0.05, 0) is 12.1 Å². The van der Waals surface area contributed by atoms with Crippen molar-refractivity contribution < 1.29 is 24.0 Å². The molecule has 1 saturated heterocycles. The van der Waals surface area contributed by atoms with E-state index in [0.717, 1.165) is 32.7 Å². The Labute approximate surface area is 148 Å². The Bertz CT molecular complexity index is 645. The summed E-state index contributed by atoms with van der Waals surface area (Å²) in [5, 5.41) is 10.2. The van der Waals surface area contributed by atoms with Crippen LogP contribution in [-0.2, 0) is 6.54 Å². The summed E-state index contributed by atoms with van der Waals surface area (Å²) in [6.07, 6.45) is -0.578. The number of para-hydroxylation sites is 1. The first-order valence-electron chi connectivity index (χ1n) is 8.97. The van der Waals surface area contributed by atoms with E-state index in [1.807, 2.05) is 6.07 Å². The molecule has 0 bridgehead atoms. The van der Waals surface area contributed by atoms with Crippen molar-refractivity contribution in [3.8, 4) is 5.75 Å². The second-order valence-corrected chi connectivity index (χ2v) is 6.76. The standard InChI is InChI=1S/C20H25FN2O2/c21-19-8-4-5-9-20(19)25-16-18(24)15-23-12-10-22(11-13-23)14-17-6-2-1-3-7-17/h1-9,18,24H,10-16H2/p+2/t18-/m0/s1. The molecule has 25 heavy (non-hydrogen) atoms. The van der Waals surface area contributed by atoms with Gasteiger partial charge in [0.15, 0.2) is 11.6 Å². The van der Waals surface area contributed by atoms with Gasteiger partial charge in [-0.1, -0.05) is 42.5 Å². The molecule has 2 aromatic rings. The van der Waals surface area contributed by atoms with E-state index in [0.29, 0.717) is 6.54 Å². The number of halogens is 1. The first-order chi connectivity index (χ1) is 12.2. The van der Waals surface area contributed by atoms with E-state index in [1.165, 1.54) is 16.5 Å². The predicted molar refractivity (Wildman–Crippen MR) is 94.3 cm³/mol. The van der Waals surface area contributed by atoms with Crippen molar-refractivity contribution in [1.29, 1.82) is 0 Å². The van der Waals surface area contributed by atoms with Crippen LogP contribution in [0.2, 0.25) is 0 Å². The number of hydrogen-bond donors (Lipinski definition) is 3. The first-order valence-corrected chi connectivity index (χ1v) is 8.97. The maximum atomic E-state index is 13.5. The molecule has 1 fully saturated rings. The second-order valence-electron chi connectivity index (χ2n) is 6.76. The van der Waals surface area contributed by atoms with Gasteiger partial charge in [-0.2, -0.15) is 0 Å². The van der Waals surface area contributed by atoms with Crippen LogP contribution in [0.5, 0.6) is 5.75 Å². The van der Waals surface area contributed by atoms with Gasteiger partial charge in [-0.15, -0.1) is 0 Å². The second kappa shape index (κ2) is 8.94. The number of benzene rings is 2. The zero-order valence-corrected chi connectivity index (χ0v) is 14.5. The minimum absolute atomic E-state index is 0.130. The summed E-state index contributed by atoms with van der Waals surface area (Å²) >= 11 is 0. The summed E-state index contributed by atoms with van der Waals surface area (Å²) in [5.74, 6) is -0.186. The average molecular weight is 346 g/mol. The van der Waals surface area contributed by atoms with Crippen LogP contribution < -0.4 is 14.5 Å². The molecule has 3 rings (SSSR count). The highest BCUT2D eigenvalue weighted by molar-refractivity contribution is 5.23. The number of aliphatic hydroxyl groups excluding tert-OH is 1. The molecular weight excluding hydrogens is 319 g/mol. The SMILES string of the molecule is O[C@H](COc1ccccc1F)C[NH+]1CC[NH+](Cc2ccccc2)CC1. The minimum Gasteiger partial charge on any atom is -0.488 e. The fourth-order valence-electron chi connectivity index (χ4n) is 3.36. The fourth-order valence-corrected chi connectivity index (χ4v) is 3.36. The monoisotopic (exact) mass is 346 g/mol. The van der Waals surface area contributed by atoms with Gasteiger partial charge in [-0.25, -0.2) is 4.39 Å². The average Bonchev–Trinajstić information content (AvgIpc) is 2.64. The Kier molecular flexibility index (Phi) is 6.39. The van der Waals surface area contributed by atoms with E-state index in [1.54, 1.807) is 23.1 Å². The molecule has 0 radical (unpaired) electrons. The zero-order valence-electron chi connectivity index (χ0n) is 14.5. The molecule has 0 aromatic heterocycles. The topological polar surface area (TPSA) is 38.3 Å². The van der Waals surface area contributed by atoms with Gasteiger partial charge < -0.3 is 19.6 Å². The summed E-state index contributed by atoms with van der Waals surface area (Å²) in [6, 6.07) is 16.9. The lowest BCUT2D eigenvalue weighted by atomic mass is 10.2. The molecule has 1 atom stereocenters. The van der Waals surface area contributed by atoms with Gasteiger partial charge in [0.1, 0.15) is 52.0 Å². The number of quaternary nitrogens is 2. The predicted octanol–water partition coefficient (Wildman–Crippen LogP) is -0.451. The van der Waals surface area contributed by atoms with E-state index in [9.17, 15) is 9.50 Å². The Hall–Kier alpha value is -1.95. The summed E-state index contributed by atoms with van der Waals surface area (Å²) < 4.78 is 18.9. The molecule has 1 aliphatic heterocycles. The third-order valence-electron chi connectivity index (χ3n) is 4.75. The Morgan fingerprint density at radius 3 is 2.28 bits per heavy atom. The summed E-state index contributed by atoms with van der Waals surface area (Å²) in [5.41, 5.74) is 1.37. The van der Waals surface area contributed by atoms with Crippen LogP contribution in [0, 0.1) is 5.82 Å². The number of rotatable bonds is 7. The third kappa shape index (κ3) is 5.53. The molecule has 0 amide bonds. The summed E-state index contributed by atoms with van der Waals surface area (Å²) in [7, 11) is 0. The molecule has 0 unspecified atom stereocenters. The van der Waals surface area contributed by atoms with Crippen LogP contribution in [0.15, 0.2) is 54.6 Å². The van der Waals surface area contributed by atoms with E-state index in [2.05, 4.69) is 24.3 Å². The number of ether oxygens (including phenoxy) is 1. The molecule has 1 aliphatic rings. The lowest BCUT2D eigenvalue weighted by Gasteiger charge is -2.30. The number of hydrogen-bond acceptors (Lipinski definition) is 2. The lowest BCUT2D eigenvalue weighted by Crippen LogP contribution is -3.28. The van der Waals surface area contributed by atoms with Crippen molar-refractivity contribution in [2.24, 2.45) is 0 Å². The molecular formula is C20H27FN2O2+2. The van der Waals surface area contributed by atoms with Gasteiger partial charge in [-0.3, -0.25) is 0 Å². The Morgan fingerprint density at radius 1 is 0.920 bits per heavy atom. The maximum Gasteiger partial charge on any atom is 0.165 e. The Morgan fingerprint density at radius 2 is 1.56 bits per heavy atom. The lowest BCUT2D eigenvalue weighted by molar-refractivity contribution is -1.02. The minimum atomic E-state index is -0.578. The zero-order chi connectivity index (χ0) is 17.5. The fraction of sp³-hybridized carbons (Fsp3) is 0.400. The quantitative estimate of drug-likeness (QED) is 0.635. The molecule has 1 heterocycles. The largest absolute Gasteiger partial charge is 0.488 e. The third-order valence-corrected chi connectivity index (χ3v) is 4.75. The van der Waals surface area contributed by atoms with Crippen LogP contribution in [0.4, 0.5) is 4.39 Å². The van der Waals surface area contributed by atoms with Gasteiger partial charge in [0, 0.05) is 5.56 Å². The molecule has 5 heteroatoms. The van der Waals surface area contributed by atoms with Gasteiger partial charge in [0.05, 0.1) is 0 Å². The summed E-state index contributed by atoms with van der Waals surface area (Å²) in [4.78, 5) is 2.98. The molecule has 0 aliphatic carbocycles. The number of piperazine rings is 1. The van der Waals surface area contributed by atoms with Gasteiger partial charge >= 0.3 is 0 Å². The van der Waals surface area contributed by atoms with E-state index >= 15 is 0 Å². The molecule has 2 aromatic carbocycles. The van der Waals surface area contributed by atoms with Crippen molar-refractivity contribution in [2.75, 3.05) is 39.3 Å². The number of nitrogens with one attached hydrogen (secondary N) is 2. The Balaban J connectivity index is 1.37. The van der Waals surface area contributed by atoms with Gasteiger partial charge in [0.25, 0.3) is 0 Å². The number of aliphatic hydroxyl groups is 1. The molecule has 4 nitrogen and oxygen atoms in total. The highest BCUT2D eigenvalue weighted by Crippen LogP contribution is 2.15. The van der Waals surface area contributed by atoms with Crippen LogP contribution in [0.1, 0.15) is 5.56 Å². The highest BCUT2D eigenvalue weighted by Gasteiger charge is 2.25. The smallest absolute Gasteiger partial charge is 0.165 e. The van der Waals surface area contributed by atoms with E-state index in [-0.39, 0.29) is 18.2 Å². The van der Waals surface area contributed by atoms with Crippen LogP contribution >= 0.6 is 0 Å². The van der Waals surface area contributed by atoms with Crippen LogP contribution in [0.25, 0.3) is 0 Å². The van der Waals surface area contributed by atoms with Crippen LogP contribution in [-0.4, -0.2) is 50.5 Å². The van der Waals surface area contributed by atoms with Crippen molar-refractivity contribution in [3.63, 3.8) is 0 Å².